The average Bonchev–Trinajstić information content (AvgIpc) is 2.88. The van der Waals surface area contributed by atoms with Gasteiger partial charge in [0, 0.05) is 24.2 Å². The number of hydrogen-bond donors (Lipinski definition) is 1. The number of aromatic nitrogens is 1. The van der Waals surface area contributed by atoms with E-state index in [4.69, 9.17) is 4.74 Å². The van der Waals surface area contributed by atoms with Gasteiger partial charge in [-0.15, -0.1) is 11.3 Å². The molecule has 0 bridgehead atoms. The van der Waals surface area contributed by atoms with Crippen LogP contribution in [0.5, 0.6) is 5.75 Å². The molecule has 0 fully saturated rings. The van der Waals surface area contributed by atoms with Gasteiger partial charge < -0.3 is 10.1 Å². The Kier molecular flexibility index (Phi) is 4.93. The van der Waals surface area contributed by atoms with Crippen LogP contribution in [0.1, 0.15) is 37.4 Å². The van der Waals surface area contributed by atoms with Gasteiger partial charge in [0.1, 0.15) is 10.8 Å². The average molecular weight is 276 g/mol. The van der Waals surface area contributed by atoms with Crippen LogP contribution in [0.3, 0.4) is 0 Å². The van der Waals surface area contributed by atoms with Crippen molar-refractivity contribution in [3.63, 3.8) is 0 Å². The topological polar surface area (TPSA) is 34.1 Å². The highest BCUT2D eigenvalue weighted by atomic mass is 32.1. The lowest BCUT2D eigenvalue weighted by Crippen LogP contribution is -2.18. The van der Waals surface area contributed by atoms with Crippen molar-refractivity contribution < 1.29 is 4.74 Å². The highest BCUT2D eigenvalue weighted by molar-refractivity contribution is 7.09. The number of hydrogen-bond acceptors (Lipinski definition) is 4. The Labute approximate surface area is 118 Å². The first-order chi connectivity index (χ1) is 9.15. The molecular weight excluding hydrogens is 256 g/mol. The number of nitrogens with zero attached hydrogens (tertiary/aromatic N) is 1. The first kappa shape index (κ1) is 14.0. The number of rotatable bonds is 6. The van der Waals surface area contributed by atoms with E-state index in [0.29, 0.717) is 0 Å². The lowest BCUT2D eigenvalue weighted by atomic mass is 10.1. The number of thiazole rings is 1. The van der Waals surface area contributed by atoms with Crippen LogP contribution in [0.25, 0.3) is 0 Å². The molecule has 1 atom stereocenters. The molecule has 1 N–H and O–H groups in total. The van der Waals surface area contributed by atoms with Crippen molar-refractivity contribution >= 4 is 11.3 Å². The van der Waals surface area contributed by atoms with Gasteiger partial charge in [0.2, 0.25) is 0 Å². The molecule has 1 aromatic heterocycles. The second kappa shape index (κ2) is 6.68. The van der Waals surface area contributed by atoms with Crippen LogP contribution < -0.4 is 10.1 Å². The molecule has 0 aliphatic heterocycles. The third-order valence-electron chi connectivity index (χ3n) is 2.77. The fourth-order valence-electron chi connectivity index (χ4n) is 1.83. The summed E-state index contributed by atoms with van der Waals surface area (Å²) in [6, 6.07) is 8.53. The molecule has 0 amide bonds. The molecule has 0 aliphatic carbocycles. The summed E-state index contributed by atoms with van der Waals surface area (Å²) in [6.07, 6.45) is 2.04. The van der Waals surface area contributed by atoms with Crippen LogP contribution in [-0.4, -0.2) is 11.1 Å². The summed E-state index contributed by atoms with van der Waals surface area (Å²) < 4.78 is 5.72. The summed E-state index contributed by atoms with van der Waals surface area (Å²) in [7, 11) is 0. The van der Waals surface area contributed by atoms with Crippen molar-refractivity contribution in [3.8, 4) is 5.75 Å². The van der Waals surface area contributed by atoms with Crippen molar-refractivity contribution in [3.05, 3.63) is 46.4 Å². The normalized spacial score (nSPS) is 12.6. The molecule has 0 aliphatic rings. The van der Waals surface area contributed by atoms with Crippen molar-refractivity contribution in [2.45, 2.75) is 39.5 Å². The molecule has 3 nitrogen and oxygen atoms in total. The fraction of sp³-hybridized carbons (Fsp3) is 0.400. The quantitative estimate of drug-likeness (QED) is 0.872. The Morgan fingerprint density at radius 2 is 2.16 bits per heavy atom. The van der Waals surface area contributed by atoms with E-state index in [1.165, 1.54) is 5.56 Å². The minimum absolute atomic E-state index is 0.203. The van der Waals surface area contributed by atoms with Gasteiger partial charge in [-0.1, -0.05) is 12.1 Å². The second-order valence-corrected chi connectivity index (χ2v) is 5.75. The summed E-state index contributed by atoms with van der Waals surface area (Å²) >= 11 is 1.67. The van der Waals surface area contributed by atoms with Gasteiger partial charge in [0.15, 0.2) is 0 Å². The summed E-state index contributed by atoms with van der Waals surface area (Å²) in [5.74, 6) is 0.926. The largest absolute Gasteiger partial charge is 0.491 e. The molecule has 2 rings (SSSR count). The molecule has 0 saturated heterocycles. The third kappa shape index (κ3) is 4.33. The second-order valence-electron chi connectivity index (χ2n) is 4.77. The maximum absolute atomic E-state index is 5.72. The van der Waals surface area contributed by atoms with Crippen molar-refractivity contribution in [2.24, 2.45) is 0 Å². The monoisotopic (exact) mass is 276 g/mol. The van der Waals surface area contributed by atoms with Crippen LogP contribution in [0.4, 0.5) is 0 Å². The van der Waals surface area contributed by atoms with Crippen LogP contribution in [0.15, 0.2) is 35.8 Å². The van der Waals surface area contributed by atoms with Crippen molar-refractivity contribution in [1.29, 1.82) is 0 Å². The molecule has 1 unspecified atom stereocenters. The maximum atomic E-state index is 5.72. The molecule has 1 aromatic carbocycles. The molecule has 0 saturated carbocycles. The lowest BCUT2D eigenvalue weighted by molar-refractivity contribution is 0.242. The van der Waals surface area contributed by atoms with Crippen LogP contribution in [-0.2, 0) is 6.54 Å². The summed E-state index contributed by atoms with van der Waals surface area (Å²) in [5.41, 5.74) is 1.23. The molecule has 4 heteroatoms. The van der Waals surface area contributed by atoms with E-state index in [1.54, 1.807) is 11.3 Å². The van der Waals surface area contributed by atoms with Crippen LogP contribution in [0.2, 0.25) is 0 Å². The molecule has 1 heterocycles. The van der Waals surface area contributed by atoms with Gasteiger partial charge in [-0.2, -0.15) is 0 Å². The van der Waals surface area contributed by atoms with Crippen molar-refractivity contribution in [1.82, 2.24) is 10.3 Å². The Bertz CT molecular complexity index is 497. The minimum atomic E-state index is 0.203. The van der Waals surface area contributed by atoms with Gasteiger partial charge in [0.25, 0.3) is 0 Å². The van der Waals surface area contributed by atoms with E-state index in [2.05, 4.69) is 29.4 Å². The van der Waals surface area contributed by atoms with Gasteiger partial charge in [-0.05, 0) is 38.5 Å². The summed E-state index contributed by atoms with van der Waals surface area (Å²) in [6.45, 7) is 7.03. The van der Waals surface area contributed by atoms with E-state index in [0.717, 1.165) is 17.3 Å². The van der Waals surface area contributed by atoms with E-state index in [1.807, 2.05) is 37.6 Å². The predicted molar refractivity (Wildman–Crippen MR) is 79.6 cm³/mol. The number of ether oxygens (including phenoxy) is 1. The first-order valence-electron chi connectivity index (χ1n) is 6.53. The molecule has 19 heavy (non-hydrogen) atoms. The maximum Gasteiger partial charge on any atom is 0.120 e. The summed E-state index contributed by atoms with van der Waals surface area (Å²) in [5, 5.41) is 6.59. The zero-order valence-corrected chi connectivity index (χ0v) is 12.4. The van der Waals surface area contributed by atoms with Crippen LogP contribution in [0, 0.1) is 0 Å². The standard InChI is InChI=1S/C15H20N2OS/c1-11(2)18-14-6-4-5-13(9-14)12(3)17-10-15-16-7-8-19-15/h4-9,11-12,17H,10H2,1-3H3. The van der Waals surface area contributed by atoms with Gasteiger partial charge >= 0.3 is 0 Å². The molecule has 2 aromatic rings. The Morgan fingerprint density at radius 3 is 2.84 bits per heavy atom. The Hall–Kier alpha value is -1.39. The molecular formula is C15H20N2OS. The van der Waals surface area contributed by atoms with E-state index < -0.39 is 0 Å². The Morgan fingerprint density at radius 1 is 1.32 bits per heavy atom. The highest BCUT2D eigenvalue weighted by Crippen LogP contribution is 2.20. The fourth-order valence-corrected chi connectivity index (χ4v) is 2.40. The lowest BCUT2D eigenvalue weighted by Gasteiger charge is -2.16. The van der Waals surface area contributed by atoms with E-state index >= 15 is 0 Å². The number of nitrogens with one attached hydrogen (secondary N) is 1. The SMILES string of the molecule is CC(C)Oc1cccc(C(C)NCc2nccs2)c1. The highest BCUT2D eigenvalue weighted by Gasteiger charge is 2.07. The molecule has 0 radical (unpaired) electrons. The minimum Gasteiger partial charge on any atom is -0.491 e. The zero-order valence-electron chi connectivity index (χ0n) is 11.6. The third-order valence-corrected chi connectivity index (χ3v) is 3.55. The van der Waals surface area contributed by atoms with Gasteiger partial charge in [-0.25, -0.2) is 4.98 Å². The van der Waals surface area contributed by atoms with Crippen molar-refractivity contribution in [2.75, 3.05) is 0 Å². The van der Waals surface area contributed by atoms with Gasteiger partial charge in [0.05, 0.1) is 6.10 Å². The Balaban J connectivity index is 1.96. The molecule has 0 spiro atoms. The number of benzene rings is 1. The smallest absolute Gasteiger partial charge is 0.120 e. The summed E-state index contributed by atoms with van der Waals surface area (Å²) in [4.78, 5) is 4.27. The predicted octanol–water partition coefficient (Wildman–Crippen LogP) is 3.78. The van der Waals surface area contributed by atoms with Gasteiger partial charge in [-0.3, -0.25) is 0 Å². The van der Waals surface area contributed by atoms with Crippen LogP contribution >= 0.6 is 11.3 Å². The van der Waals surface area contributed by atoms with E-state index in [9.17, 15) is 0 Å². The first-order valence-corrected chi connectivity index (χ1v) is 7.41. The zero-order chi connectivity index (χ0) is 13.7. The molecule has 102 valence electrons. The van der Waals surface area contributed by atoms with E-state index in [-0.39, 0.29) is 12.1 Å².